The van der Waals surface area contributed by atoms with Crippen molar-refractivity contribution in [3.05, 3.63) is 94.8 Å². The van der Waals surface area contributed by atoms with Crippen LogP contribution in [-0.2, 0) is 11.3 Å². The molecule has 3 N–H and O–H groups in total. The van der Waals surface area contributed by atoms with E-state index in [0.717, 1.165) is 22.5 Å². The molecule has 0 aliphatic carbocycles. The molecule has 0 saturated carbocycles. The van der Waals surface area contributed by atoms with E-state index in [1.54, 1.807) is 31.2 Å². The molecule has 0 aliphatic rings. The number of phenols is 1. The monoisotopic (exact) mass is 520 g/mol. The molecule has 1 amide bonds. The number of aromatic hydroxyl groups is 1. The average Bonchev–Trinajstić information content (AvgIpc) is 3.27. The summed E-state index contributed by atoms with van der Waals surface area (Å²) in [6, 6.07) is 21.9. The first kappa shape index (κ1) is 25.3. The summed E-state index contributed by atoms with van der Waals surface area (Å²) in [5.74, 6) is 0.603. The fourth-order valence-electron chi connectivity index (χ4n) is 3.36. The number of aryl methyl sites for hydroxylation is 1. The number of nitrogens with zero attached hydrogens (tertiary/aromatic N) is 4. The molecule has 0 radical (unpaired) electrons. The highest BCUT2D eigenvalue weighted by Crippen LogP contribution is 2.27. The van der Waals surface area contributed by atoms with E-state index in [0.29, 0.717) is 22.5 Å². The van der Waals surface area contributed by atoms with Crippen LogP contribution in [0.5, 0.6) is 5.75 Å². The Morgan fingerprint density at radius 3 is 2.61 bits per heavy atom. The van der Waals surface area contributed by atoms with Crippen molar-refractivity contribution in [1.82, 2.24) is 20.2 Å². The predicted octanol–water partition coefficient (Wildman–Crippen LogP) is 5.18. The molecule has 1 atom stereocenters. The number of anilines is 1. The van der Waals surface area contributed by atoms with E-state index >= 15 is 0 Å². The Morgan fingerprint density at radius 1 is 1.14 bits per heavy atom. The van der Waals surface area contributed by atoms with Gasteiger partial charge in [-0.25, -0.2) is 5.43 Å². The predicted molar refractivity (Wildman–Crippen MR) is 144 cm³/mol. The van der Waals surface area contributed by atoms with Crippen molar-refractivity contribution < 1.29 is 9.90 Å². The number of amides is 1. The number of thioether (sulfide) groups is 1. The van der Waals surface area contributed by atoms with Crippen LogP contribution in [0.25, 0.3) is 5.69 Å². The maximum absolute atomic E-state index is 12.7. The lowest BCUT2D eigenvalue weighted by molar-refractivity contribution is -0.120. The van der Waals surface area contributed by atoms with E-state index < -0.39 is 5.25 Å². The van der Waals surface area contributed by atoms with Gasteiger partial charge in [-0.05, 0) is 79.6 Å². The standard InChI is InChI=1S/C26H25ClN6O2S/c1-17-14-20(27)10-13-23(17)28-16-24-30-32-26(33(24)21-6-4-3-5-7-21)36-18(2)25(35)31-29-15-19-8-11-22(34)12-9-19/h3-15,18,28,34H,16H2,1-2H3,(H,31,35)/t18-/m1/s1. The number of aromatic nitrogens is 3. The van der Waals surface area contributed by atoms with E-state index in [-0.39, 0.29) is 11.7 Å². The van der Waals surface area contributed by atoms with Crippen LogP contribution in [0.2, 0.25) is 5.02 Å². The van der Waals surface area contributed by atoms with Crippen LogP contribution in [0.3, 0.4) is 0 Å². The zero-order valence-corrected chi connectivity index (χ0v) is 21.3. The van der Waals surface area contributed by atoms with E-state index in [1.807, 2.05) is 60.0 Å². The Morgan fingerprint density at radius 2 is 1.89 bits per heavy atom. The van der Waals surface area contributed by atoms with Crippen molar-refractivity contribution in [2.24, 2.45) is 5.10 Å². The molecule has 0 fully saturated rings. The van der Waals surface area contributed by atoms with Gasteiger partial charge in [-0.3, -0.25) is 9.36 Å². The maximum atomic E-state index is 12.7. The fourth-order valence-corrected chi connectivity index (χ4v) is 4.47. The van der Waals surface area contributed by atoms with Gasteiger partial charge in [0.05, 0.1) is 18.0 Å². The summed E-state index contributed by atoms with van der Waals surface area (Å²) in [4.78, 5) is 12.7. The summed E-state index contributed by atoms with van der Waals surface area (Å²) in [5, 5.41) is 26.3. The van der Waals surface area contributed by atoms with Gasteiger partial charge in [-0.15, -0.1) is 10.2 Å². The van der Waals surface area contributed by atoms with Gasteiger partial charge in [0.25, 0.3) is 5.91 Å². The number of carbonyl (C=O) groups excluding carboxylic acids is 1. The normalized spacial score (nSPS) is 12.0. The molecule has 1 aromatic heterocycles. The van der Waals surface area contributed by atoms with Gasteiger partial charge in [0.2, 0.25) is 0 Å². The van der Waals surface area contributed by atoms with Crippen molar-refractivity contribution in [2.45, 2.75) is 30.8 Å². The molecule has 8 nitrogen and oxygen atoms in total. The molecule has 36 heavy (non-hydrogen) atoms. The number of carbonyl (C=O) groups is 1. The third kappa shape index (κ3) is 6.44. The number of halogens is 1. The lowest BCUT2D eigenvalue weighted by Crippen LogP contribution is -2.27. The lowest BCUT2D eigenvalue weighted by Gasteiger charge is -2.14. The Labute approximate surface area is 218 Å². The van der Waals surface area contributed by atoms with E-state index in [9.17, 15) is 9.90 Å². The molecule has 0 bridgehead atoms. The zero-order valence-electron chi connectivity index (χ0n) is 19.7. The van der Waals surface area contributed by atoms with Crippen molar-refractivity contribution in [3.8, 4) is 11.4 Å². The number of nitrogens with one attached hydrogen (secondary N) is 2. The molecule has 0 spiro atoms. The molecular formula is C26H25ClN6O2S. The number of benzene rings is 3. The number of hydrazone groups is 1. The van der Waals surface area contributed by atoms with Gasteiger partial charge >= 0.3 is 0 Å². The first-order chi connectivity index (χ1) is 17.4. The lowest BCUT2D eigenvalue weighted by atomic mass is 10.2. The van der Waals surface area contributed by atoms with E-state index in [4.69, 9.17) is 11.6 Å². The molecular weight excluding hydrogens is 496 g/mol. The van der Waals surface area contributed by atoms with E-state index in [2.05, 4.69) is 26.0 Å². The molecule has 184 valence electrons. The van der Waals surface area contributed by atoms with Crippen LogP contribution in [-0.4, -0.2) is 37.2 Å². The summed E-state index contributed by atoms with van der Waals surface area (Å²) in [7, 11) is 0. The van der Waals surface area contributed by atoms with Gasteiger partial charge in [0.15, 0.2) is 11.0 Å². The summed E-state index contributed by atoms with van der Waals surface area (Å²) >= 11 is 7.37. The number of rotatable bonds is 9. The maximum Gasteiger partial charge on any atom is 0.253 e. The summed E-state index contributed by atoms with van der Waals surface area (Å²) in [5.41, 5.74) is 6.19. The summed E-state index contributed by atoms with van der Waals surface area (Å²) in [6.07, 6.45) is 1.52. The second kappa shape index (κ2) is 11.7. The molecule has 0 saturated heterocycles. The number of phenolic OH excluding ortho intramolecular Hbond substituents is 1. The Hall–Kier alpha value is -3.82. The van der Waals surface area contributed by atoms with Crippen molar-refractivity contribution >= 4 is 41.2 Å². The minimum Gasteiger partial charge on any atom is -0.508 e. The summed E-state index contributed by atoms with van der Waals surface area (Å²) < 4.78 is 1.94. The van der Waals surface area contributed by atoms with Gasteiger partial charge in [0, 0.05) is 16.4 Å². The molecule has 0 aliphatic heterocycles. The average molecular weight is 521 g/mol. The van der Waals surface area contributed by atoms with Crippen LogP contribution in [0.4, 0.5) is 5.69 Å². The highest BCUT2D eigenvalue weighted by Gasteiger charge is 2.21. The topological polar surface area (TPSA) is 104 Å². The highest BCUT2D eigenvalue weighted by atomic mass is 35.5. The Kier molecular flexibility index (Phi) is 8.24. The first-order valence-electron chi connectivity index (χ1n) is 11.2. The zero-order chi connectivity index (χ0) is 25.5. The van der Waals surface area contributed by atoms with Crippen LogP contribution >= 0.6 is 23.4 Å². The van der Waals surface area contributed by atoms with Crippen LogP contribution in [0.15, 0.2) is 83.1 Å². The molecule has 4 rings (SSSR count). The van der Waals surface area contributed by atoms with Crippen molar-refractivity contribution in [1.29, 1.82) is 0 Å². The number of para-hydroxylation sites is 1. The molecule has 0 unspecified atom stereocenters. The van der Waals surface area contributed by atoms with Gasteiger partial charge < -0.3 is 10.4 Å². The van der Waals surface area contributed by atoms with Gasteiger partial charge in [-0.1, -0.05) is 41.6 Å². The van der Waals surface area contributed by atoms with E-state index in [1.165, 1.54) is 18.0 Å². The Bertz CT molecular complexity index is 1360. The molecule has 1 heterocycles. The molecule has 4 aromatic rings. The summed E-state index contributed by atoms with van der Waals surface area (Å²) in [6.45, 7) is 4.21. The second-order valence-corrected chi connectivity index (χ2v) is 9.71. The SMILES string of the molecule is Cc1cc(Cl)ccc1NCc1nnc(S[C@H](C)C(=O)NN=Cc2ccc(O)cc2)n1-c1ccccc1. The third-order valence-electron chi connectivity index (χ3n) is 5.27. The minimum atomic E-state index is -0.479. The van der Waals surface area contributed by atoms with Crippen LogP contribution in [0.1, 0.15) is 23.9 Å². The quantitative estimate of drug-likeness (QED) is 0.160. The number of hydrogen-bond donors (Lipinski definition) is 3. The van der Waals surface area contributed by atoms with Gasteiger partial charge in [-0.2, -0.15) is 5.10 Å². The van der Waals surface area contributed by atoms with Crippen LogP contribution in [0, 0.1) is 6.92 Å². The highest BCUT2D eigenvalue weighted by molar-refractivity contribution is 8.00. The minimum absolute atomic E-state index is 0.168. The van der Waals surface area contributed by atoms with Crippen molar-refractivity contribution in [2.75, 3.05) is 5.32 Å². The number of hydrogen-bond acceptors (Lipinski definition) is 7. The Balaban J connectivity index is 1.48. The first-order valence-corrected chi connectivity index (χ1v) is 12.4. The second-order valence-electron chi connectivity index (χ2n) is 7.97. The van der Waals surface area contributed by atoms with Gasteiger partial charge in [0.1, 0.15) is 5.75 Å². The smallest absolute Gasteiger partial charge is 0.253 e. The molecule has 3 aromatic carbocycles. The van der Waals surface area contributed by atoms with Crippen molar-refractivity contribution in [3.63, 3.8) is 0 Å². The molecule has 10 heteroatoms. The largest absolute Gasteiger partial charge is 0.508 e. The third-order valence-corrected chi connectivity index (χ3v) is 6.55. The fraction of sp³-hybridized carbons (Fsp3) is 0.154. The van der Waals surface area contributed by atoms with Crippen LogP contribution < -0.4 is 10.7 Å².